The molecule has 0 spiro atoms. The van der Waals surface area contributed by atoms with Crippen LogP contribution in [-0.2, 0) is 10.0 Å². The Morgan fingerprint density at radius 1 is 1.41 bits per heavy atom. The van der Waals surface area contributed by atoms with Crippen LogP contribution in [0.15, 0.2) is 21.8 Å². The Kier molecular flexibility index (Phi) is 2.69. The molecule has 0 bridgehead atoms. The van der Waals surface area contributed by atoms with Crippen LogP contribution >= 0.6 is 11.6 Å². The van der Waals surface area contributed by atoms with Crippen LogP contribution in [0.2, 0.25) is 5.02 Å². The van der Waals surface area contributed by atoms with Crippen LogP contribution in [-0.4, -0.2) is 18.4 Å². The lowest BCUT2D eigenvalue weighted by molar-refractivity contribution is 0.598. The van der Waals surface area contributed by atoms with E-state index in [4.69, 9.17) is 16.7 Å². The number of primary sulfonamides is 1. The van der Waals surface area contributed by atoms with Gasteiger partial charge in [-0.15, -0.1) is 0 Å². The molecule has 2 rings (SSSR count). The number of aromatic nitrogens is 2. The monoisotopic (exact) mass is 273 g/mol. The maximum absolute atomic E-state index is 11.6. The van der Waals surface area contributed by atoms with Gasteiger partial charge in [-0.2, -0.15) is 0 Å². The number of nitrogens with two attached hydrogens (primary N) is 1. The van der Waals surface area contributed by atoms with Gasteiger partial charge in [-0.1, -0.05) is 11.6 Å². The first kappa shape index (κ1) is 12.0. The smallest absolute Gasteiger partial charge is 0.258 e. The van der Waals surface area contributed by atoms with Gasteiger partial charge in [0.25, 0.3) is 5.56 Å². The standard InChI is InChI=1S/C9H8ClN3O3S/c1-4-12-7-3-6(10)8(17(11,15)16)2-5(7)9(14)13-4/h2-3H,1H3,(H2,11,15,16)(H,12,13,14). The van der Waals surface area contributed by atoms with E-state index in [0.717, 1.165) is 6.07 Å². The number of nitrogens with one attached hydrogen (secondary N) is 1. The summed E-state index contributed by atoms with van der Waals surface area (Å²) in [5.74, 6) is 0.418. The van der Waals surface area contributed by atoms with Crippen molar-refractivity contribution in [1.29, 1.82) is 0 Å². The van der Waals surface area contributed by atoms with Gasteiger partial charge in [-0.05, 0) is 19.1 Å². The zero-order valence-corrected chi connectivity index (χ0v) is 10.3. The van der Waals surface area contributed by atoms with Crippen LogP contribution < -0.4 is 10.7 Å². The summed E-state index contributed by atoms with van der Waals surface area (Å²) in [6.45, 7) is 1.61. The van der Waals surface area contributed by atoms with E-state index in [9.17, 15) is 13.2 Å². The molecule has 3 N–H and O–H groups in total. The van der Waals surface area contributed by atoms with Crippen LogP contribution in [0.25, 0.3) is 10.9 Å². The van der Waals surface area contributed by atoms with Gasteiger partial charge in [0.15, 0.2) is 0 Å². The number of aryl methyl sites for hydroxylation is 1. The number of H-pyrrole nitrogens is 1. The highest BCUT2D eigenvalue weighted by molar-refractivity contribution is 7.89. The van der Waals surface area contributed by atoms with Crippen LogP contribution in [0, 0.1) is 6.92 Å². The zero-order chi connectivity index (χ0) is 12.8. The third-order valence-electron chi connectivity index (χ3n) is 2.18. The highest BCUT2D eigenvalue weighted by Crippen LogP contribution is 2.24. The lowest BCUT2D eigenvalue weighted by Crippen LogP contribution is -2.15. The number of sulfonamides is 1. The van der Waals surface area contributed by atoms with Crippen molar-refractivity contribution in [2.45, 2.75) is 11.8 Å². The average Bonchev–Trinajstić information content (AvgIpc) is 2.13. The normalized spacial score (nSPS) is 11.9. The third kappa shape index (κ3) is 2.17. The second-order valence-corrected chi connectivity index (χ2v) is 5.43. The van der Waals surface area contributed by atoms with Crippen molar-refractivity contribution in [3.63, 3.8) is 0 Å². The summed E-state index contributed by atoms with van der Waals surface area (Å²) in [5, 5.41) is 5.05. The quantitative estimate of drug-likeness (QED) is 0.790. The van der Waals surface area contributed by atoms with Crippen molar-refractivity contribution in [2.24, 2.45) is 5.14 Å². The van der Waals surface area contributed by atoms with E-state index in [-0.39, 0.29) is 15.3 Å². The van der Waals surface area contributed by atoms with Gasteiger partial charge in [0.1, 0.15) is 10.7 Å². The van der Waals surface area contributed by atoms with Gasteiger partial charge >= 0.3 is 0 Å². The molecule has 1 aromatic heterocycles. The largest absolute Gasteiger partial charge is 0.310 e. The third-order valence-corrected chi connectivity index (χ3v) is 3.56. The van der Waals surface area contributed by atoms with Crippen molar-refractivity contribution >= 4 is 32.5 Å². The molecule has 0 radical (unpaired) electrons. The van der Waals surface area contributed by atoms with E-state index >= 15 is 0 Å². The lowest BCUT2D eigenvalue weighted by atomic mass is 10.2. The molecule has 0 atom stereocenters. The summed E-state index contributed by atoms with van der Waals surface area (Å²) in [4.78, 5) is 17.8. The number of hydrogen-bond acceptors (Lipinski definition) is 4. The number of aromatic amines is 1. The molecule has 0 saturated heterocycles. The summed E-state index contributed by atoms with van der Waals surface area (Å²) in [5.41, 5.74) is -0.113. The molecule has 2 aromatic rings. The Bertz CT molecular complexity index is 767. The Morgan fingerprint density at radius 3 is 2.65 bits per heavy atom. The lowest BCUT2D eigenvalue weighted by Gasteiger charge is -2.04. The number of rotatable bonds is 1. The van der Waals surface area contributed by atoms with Crippen LogP contribution in [0.5, 0.6) is 0 Å². The van der Waals surface area contributed by atoms with Gasteiger partial charge in [-0.3, -0.25) is 4.79 Å². The minimum atomic E-state index is -3.96. The van der Waals surface area contributed by atoms with Gasteiger partial charge in [0, 0.05) is 0 Å². The molecule has 8 heteroatoms. The Labute approximate surface area is 101 Å². The van der Waals surface area contributed by atoms with Gasteiger partial charge in [-0.25, -0.2) is 18.5 Å². The molecule has 0 saturated carbocycles. The van der Waals surface area contributed by atoms with Crippen LogP contribution in [0.4, 0.5) is 0 Å². The Morgan fingerprint density at radius 2 is 2.06 bits per heavy atom. The summed E-state index contributed by atoms with van der Waals surface area (Å²) >= 11 is 5.78. The fourth-order valence-corrected chi connectivity index (χ4v) is 2.57. The predicted octanol–water partition coefficient (Wildman–Crippen LogP) is 0.532. The van der Waals surface area contributed by atoms with Gasteiger partial charge in [0.05, 0.1) is 15.9 Å². The predicted molar refractivity (Wildman–Crippen MR) is 63.5 cm³/mol. The highest BCUT2D eigenvalue weighted by atomic mass is 35.5. The van der Waals surface area contributed by atoms with Crippen molar-refractivity contribution in [3.05, 3.63) is 33.3 Å². The number of hydrogen-bond donors (Lipinski definition) is 2. The molecule has 0 aliphatic heterocycles. The Hall–Kier alpha value is -1.44. The summed E-state index contributed by atoms with van der Waals surface area (Å²) in [7, 11) is -3.96. The Balaban J connectivity index is 2.96. The number of benzene rings is 1. The summed E-state index contributed by atoms with van der Waals surface area (Å²) < 4.78 is 22.5. The zero-order valence-electron chi connectivity index (χ0n) is 8.69. The first-order chi connectivity index (χ1) is 7.79. The van der Waals surface area contributed by atoms with E-state index in [0.29, 0.717) is 11.3 Å². The fraction of sp³-hybridized carbons (Fsp3) is 0.111. The molecule has 90 valence electrons. The minimum Gasteiger partial charge on any atom is -0.310 e. The van der Waals surface area contributed by atoms with E-state index in [2.05, 4.69) is 9.97 Å². The van der Waals surface area contributed by atoms with Crippen molar-refractivity contribution in [2.75, 3.05) is 0 Å². The number of fused-ring (bicyclic) bond motifs is 1. The SMILES string of the molecule is Cc1nc2cc(Cl)c(S(N)(=O)=O)cc2c(=O)[nH]1. The molecule has 1 aromatic carbocycles. The van der Waals surface area contributed by atoms with E-state index in [1.165, 1.54) is 6.07 Å². The molecule has 17 heavy (non-hydrogen) atoms. The fourth-order valence-electron chi connectivity index (χ4n) is 1.48. The molecular formula is C9H8ClN3O3S. The van der Waals surface area contributed by atoms with E-state index < -0.39 is 15.6 Å². The van der Waals surface area contributed by atoms with Crippen LogP contribution in [0.1, 0.15) is 5.82 Å². The van der Waals surface area contributed by atoms with E-state index in [1.807, 2.05) is 0 Å². The molecule has 0 aliphatic carbocycles. The molecule has 1 heterocycles. The summed E-state index contributed by atoms with van der Waals surface area (Å²) in [6.07, 6.45) is 0. The summed E-state index contributed by atoms with van der Waals surface area (Å²) in [6, 6.07) is 2.43. The maximum Gasteiger partial charge on any atom is 0.258 e. The second kappa shape index (κ2) is 3.80. The highest BCUT2D eigenvalue weighted by Gasteiger charge is 2.15. The molecule has 0 unspecified atom stereocenters. The molecular weight excluding hydrogens is 266 g/mol. The van der Waals surface area contributed by atoms with Gasteiger partial charge in [0.2, 0.25) is 10.0 Å². The van der Waals surface area contributed by atoms with Crippen LogP contribution in [0.3, 0.4) is 0 Å². The number of halogens is 1. The average molecular weight is 274 g/mol. The van der Waals surface area contributed by atoms with Crippen molar-refractivity contribution in [1.82, 2.24) is 9.97 Å². The molecule has 0 amide bonds. The number of nitrogens with zero attached hydrogens (tertiary/aromatic N) is 1. The minimum absolute atomic E-state index is 0.0579. The topological polar surface area (TPSA) is 106 Å². The molecule has 0 aliphatic rings. The second-order valence-electron chi connectivity index (χ2n) is 3.50. The first-order valence-corrected chi connectivity index (χ1v) is 6.44. The first-order valence-electron chi connectivity index (χ1n) is 4.52. The van der Waals surface area contributed by atoms with E-state index in [1.54, 1.807) is 6.92 Å². The maximum atomic E-state index is 11.6. The van der Waals surface area contributed by atoms with Crippen molar-refractivity contribution < 1.29 is 8.42 Å². The molecule has 0 fully saturated rings. The molecule has 6 nitrogen and oxygen atoms in total. The van der Waals surface area contributed by atoms with Gasteiger partial charge < -0.3 is 4.98 Å². The van der Waals surface area contributed by atoms with Crippen molar-refractivity contribution in [3.8, 4) is 0 Å².